The fourth-order valence-corrected chi connectivity index (χ4v) is 3.37. The van der Waals surface area contributed by atoms with Crippen molar-refractivity contribution < 1.29 is 14.3 Å². The quantitative estimate of drug-likeness (QED) is 0.710. The number of halogens is 1. The molecule has 2 aromatic carbocycles. The number of ether oxygens (including phenoxy) is 2. The zero-order valence-corrected chi connectivity index (χ0v) is 16.7. The van der Waals surface area contributed by atoms with Crippen LogP contribution in [-0.2, 0) is 4.79 Å². The Labute approximate surface area is 157 Å². The van der Waals surface area contributed by atoms with Gasteiger partial charge in [0, 0.05) is 11.8 Å². The van der Waals surface area contributed by atoms with Crippen LogP contribution >= 0.6 is 15.9 Å². The zero-order chi connectivity index (χ0) is 18.6. The highest BCUT2D eigenvalue weighted by atomic mass is 79.9. The van der Waals surface area contributed by atoms with Crippen LogP contribution in [0, 0.1) is 20.8 Å². The van der Waals surface area contributed by atoms with E-state index < -0.39 is 0 Å². The van der Waals surface area contributed by atoms with Crippen molar-refractivity contribution in [3.63, 3.8) is 0 Å². The maximum absolute atomic E-state index is 12.3. The number of methoxy groups -OCH3 is 2. The molecule has 2 rings (SSSR count). The summed E-state index contributed by atoms with van der Waals surface area (Å²) in [6.07, 6.45) is 3.24. The van der Waals surface area contributed by atoms with Gasteiger partial charge in [-0.3, -0.25) is 4.79 Å². The van der Waals surface area contributed by atoms with Gasteiger partial charge in [0.15, 0.2) is 11.5 Å². The van der Waals surface area contributed by atoms with E-state index in [9.17, 15) is 4.79 Å². The molecule has 132 valence electrons. The van der Waals surface area contributed by atoms with Gasteiger partial charge in [-0.25, -0.2) is 0 Å². The van der Waals surface area contributed by atoms with Gasteiger partial charge in [-0.2, -0.15) is 0 Å². The average Bonchev–Trinajstić information content (AvgIpc) is 2.55. The zero-order valence-electron chi connectivity index (χ0n) is 15.1. The molecule has 0 saturated carbocycles. The second kappa shape index (κ2) is 8.21. The van der Waals surface area contributed by atoms with Crippen LogP contribution in [-0.4, -0.2) is 20.1 Å². The predicted octanol–water partition coefficient (Wildman–Crippen LogP) is 5.04. The van der Waals surface area contributed by atoms with Crippen LogP contribution in [0.25, 0.3) is 6.08 Å². The summed E-state index contributed by atoms with van der Waals surface area (Å²) in [7, 11) is 3.16. The third-order valence-corrected chi connectivity index (χ3v) is 4.40. The van der Waals surface area contributed by atoms with Crippen LogP contribution in [0.1, 0.15) is 22.3 Å². The van der Waals surface area contributed by atoms with Crippen molar-refractivity contribution in [2.75, 3.05) is 19.5 Å². The van der Waals surface area contributed by atoms with E-state index in [1.54, 1.807) is 20.3 Å². The fourth-order valence-electron chi connectivity index (χ4n) is 2.75. The first kappa shape index (κ1) is 19.1. The van der Waals surface area contributed by atoms with Gasteiger partial charge < -0.3 is 14.8 Å². The summed E-state index contributed by atoms with van der Waals surface area (Å²) in [5, 5.41) is 2.95. The highest BCUT2D eigenvalue weighted by Crippen LogP contribution is 2.36. The third kappa shape index (κ3) is 4.63. The molecule has 0 saturated heterocycles. The fraction of sp³-hybridized carbons (Fsp3) is 0.250. The Hall–Kier alpha value is -2.27. The standard InChI is InChI=1S/C20H22BrNO3/c1-12-8-13(2)19(14(3)9-12)22-18(23)7-6-15-10-16(21)20(25-5)17(11-15)24-4/h6-11H,1-5H3,(H,22,23)/b7-6+. The van der Waals surface area contributed by atoms with Crippen LogP contribution in [0.15, 0.2) is 34.8 Å². The average molecular weight is 404 g/mol. The molecular formula is C20H22BrNO3. The van der Waals surface area contributed by atoms with Crippen molar-refractivity contribution in [3.05, 3.63) is 57.1 Å². The number of carbonyl (C=O) groups excluding carboxylic acids is 1. The molecule has 0 aliphatic heterocycles. The Bertz CT molecular complexity index is 805. The Morgan fingerprint density at radius 3 is 2.24 bits per heavy atom. The number of aryl methyl sites for hydroxylation is 3. The number of nitrogens with one attached hydrogen (secondary N) is 1. The normalized spacial score (nSPS) is 10.8. The highest BCUT2D eigenvalue weighted by molar-refractivity contribution is 9.10. The largest absolute Gasteiger partial charge is 0.493 e. The Balaban J connectivity index is 2.20. The van der Waals surface area contributed by atoms with Crippen molar-refractivity contribution in [2.24, 2.45) is 0 Å². The van der Waals surface area contributed by atoms with E-state index in [1.807, 2.05) is 32.9 Å². The first-order chi connectivity index (χ1) is 11.8. The van der Waals surface area contributed by atoms with Crippen LogP contribution in [0.5, 0.6) is 11.5 Å². The SMILES string of the molecule is COc1cc(/C=C/C(=O)Nc2c(C)cc(C)cc2C)cc(Br)c1OC. The van der Waals surface area contributed by atoms with Crippen LogP contribution in [0.4, 0.5) is 5.69 Å². The van der Waals surface area contributed by atoms with Crippen molar-refractivity contribution >= 4 is 33.6 Å². The van der Waals surface area contributed by atoms with E-state index >= 15 is 0 Å². The Morgan fingerprint density at radius 2 is 1.68 bits per heavy atom. The van der Waals surface area contributed by atoms with Crippen molar-refractivity contribution in [1.82, 2.24) is 0 Å². The minimum atomic E-state index is -0.180. The van der Waals surface area contributed by atoms with Gasteiger partial charge in [-0.1, -0.05) is 17.7 Å². The topological polar surface area (TPSA) is 47.6 Å². The number of carbonyl (C=O) groups is 1. The second-order valence-corrected chi connectivity index (χ2v) is 6.69. The third-order valence-electron chi connectivity index (χ3n) is 3.81. The number of hydrogen-bond acceptors (Lipinski definition) is 3. The molecule has 0 radical (unpaired) electrons. The molecule has 0 atom stereocenters. The lowest BCUT2D eigenvalue weighted by molar-refractivity contribution is -0.111. The number of rotatable bonds is 5. The van der Waals surface area contributed by atoms with E-state index in [0.717, 1.165) is 26.9 Å². The molecular weight excluding hydrogens is 382 g/mol. The summed E-state index contributed by atoms with van der Waals surface area (Å²) in [4.78, 5) is 12.3. The number of hydrogen-bond donors (Lipinski definition) is 1. The van der Waals surface area contributed by atoms with E-state index in [4.69, 9.17) is 9.47 Å². The number of anilines is 1. The summed E-state index contributed by atoms with van der Waals surface area (Å²) in [5.41, 5.74) is 4.96. The van der Waals surface area contributed by atoms with Crippen molar-refractivity contribution in [2.45, 2.75) is 20.8 Å². The molecule has 0 aromatic heterocycles. The lowest BCUT2D eigenvalue weighted by Gasteiger charge is -2.12. The highest BCUT2D eigenvalue weighted by Gasteiger charge is 2.10. The molecule has 2 aromatic rings. The van der Waals surface area contributed by atoms with Crippen LogP contribution in [0.2, 0.25) is 0 Å². The maximum Gasteiger partial charge on any atom is 0.248 e. The van der Waals surface area contributed by atoms with Gasteiger partial charge in [-0.15, -0.1) is 0 Å². The van der Waals surface area contributed by atoms with E-state index in [1.165, 1.54) is 11.6 Å². The Kier molecular flexibility index (Phi) is 6.26. The Morgan fingerprint density at radius 1 is 1.04 bits per heavy atom. The van der Waals surface area contributed by atoms with Gasteiger partial charge in [0.1, 0.15) is 0 Å². The van der Waals surface area contributed by atoms with Gasteiger partial charge >= 0.3 is 0 Å². The summed E-state index contributed by atoms with van der Waals surface area (Å²) in [5.74, 6) is 1.04. The number of amides is 1. The van der Waals surface area contributed by atoms with Gasteiger partial charge in [0.25, 0.3) is 0 Å². The second-order valence-electron chi connectivity index (χ2n) is 5.83. The smallest absolute Gasteiger partial charge is 0.248 e. The van der Waals surface area contributed by atoms with Crippen LogP contribution in [0.3, 0.4) is 0 Å². The molecule has 4 nitrogen and oxygen atoms in total. The molecule has 0 aliphatic rings. The predicted molar refractivity (Wildman–Crippen MR) is 106 cm³/mol. The molecule has 25 heavy (non-hydrogen) atoms. The van der Waals surface area contributed by atoms with Gasteiger partial charge in [0.2, 0.25) is 5.91 Å². The summed E-state index contributed by atoms with van der Waals surface area (Å²) in [6.45, 7) is 6.02. The first-order valence-electron chi connectivity index (χ1n) is 7.84. The van der Waals surface area contributed by atoms with Gasteiger partial charge in [0.05, 0.1) is 18.7 Å². The summed E-state index contributed by atoms with van der Waals surface area (Å²) >= 11 is 3.45. The molecule has 1 N–H and O–H groups in total. The minimum Gasteiger partial charge on any atom is -0.493 e. The molecule has 0 aliphatic carbocycles. The molecule has 1 amide bonds. The van der Waals surface area contributed by atoms with Crippen molar-refractivity contribution in [1.29, 1.82) is 0 Å². The first-order valence-corrected chi connectivity index (χ1v) is 8.63. The molecule has 0 unspecified atom stereocenters. The van der Waals surface area contributed by atoms with Crippen LogP contribution < -0.4 is 14.8 Å². The van der Waals surface area contributed by atoms with E-state index in [-0.39, 0.29) is 5.91 Å². The monoisotopic (exact) mass is 403 g/mol. The minimum absolute atomic E-state index is 0.180. The van der Waals surface area contributed by atoms with E-state index in [0.29, 0.717) is 11.5 Å². The molecule has 0 bridgehead atoms. The lowest BCUT2D eigenvalue weighted by atomic mass is 10.1. The maximum atomic E-state index is 12.3. The molecule has 0 heterocycles. The van der Waals surface area contributed by atoms with E-state index in [2.05, 4.69) is 33.4 Å². The summed E-state index contributed by atoms with van der Waals surface area (Å²) in [6, 6.07) is 7.79. The van der Waals surface area contributed by atoms with Gasteiger partial charge in [-0.05, 0) is 71.6 Å². The summed E-state index contributed by atoms with van der Waals surface area (Å²) < 4.78 is 11.4. The molecule has 5 heteroatoms. The lowest BCUT2D eigenvalue weighted by Crippen LogP contribution is -2.10. The molecule has 0 fully saturated rings. The van der Waals surface area contributed by atoms with Crippen molar-refractivity contribution in [3.8, 4) is 11.5 Å². The molecule has 0 spiro atoms. The number of benzene rings is 2.